The Morgan fingerprint density at radius 2 is 2.39 bits per heavy atom. The lowest BCUT2D eigenvalue weighted by Crippen LogP contribution is -2.07. The molecule has 18 heavy (non-hydrogen) atoms. The Bertz CT molecular complexity index is 592. The third-order valence-corrected chi connectivity index (χ3v) is 2.16. The first-order valence-electron chi connectivity index (χ1n) is 5.42. The van der Waals surface area contributed by atoms with Gasteiger partial charge in [0, 0.05) is 19.4 Å². The van der Waals surface area contributed by atoms with Crippen molar-refractivity contribution in [1.82, 2.24) is 14.8 Å². The minimum Gasteiger partial charge on any atom is -0.312 e. The van der Waals surface area contributed by atoms with E-state index in [1.807, 2.05) is 18.2 Å². The number of carbonyl (C=O) groups is 1. The molecule has 0 aromatic carbocycles. The van der Waals surface area contributed by atoms with Crippen LogP contribution in [0.3, 0.4) is 0 Å². The number of nitrogens with zero attached hydrogens (tertiary/aromatic N) is 3. The van der Waals surface area contributed by atoms with E-state index in [1.165, 1.54) is 0 Å². The van der Waals surface area contributed by atoms with Gasteiger partial charge < -0.3 is 5.32 Å². The van der Waals surface area contributed by atoms with Crippen molar-refractivity contribution in [2.75, 3.05) is 5.32 Å². The van der Waals surface area contributed by atoms with Crippen molar-refractivity contribution in [3.8, 4) is 11.8 Å². The van der Waals surface area contributed by atoms with E-state index in [9.17, 15) is 4.79 Å². The summed E-state index contributed by atoms with van der Waals surface area (Å²) in [5.74, 6) is 4.94. The quantitative estimate of drug-likeness (QED) is 0.797. The highest BCUT2D eigenvalue weighted by Crippen LogP contribution is 2.02. The van der Waals surface area contributed by atoms with Gasteiger partial charge in [-0.15, -0.1) is 0 Å². The maximum absolute atomic E-state index is 11.5. The number of rotatable bonds is 2. The van der Waals surface area contributed by atoms with Crippen LogP contribution in [0, 0.1) is 11.8 Å². The Hall–Kier alpha value is -2.61. The topological polar surface area (TPSA) is 59.8 Å². The number of nitrogens with one attached hydrogen (secondary N) is 1. The van der Waals surface area contributed by atoms with E-state index in [0.717, 1.165) is 5.69 Å². The Kier molecular flexibility index (Phi) is 3.72. The number of aryl methyl sites for hydroxylation is 1. The zero-order valence-electron chi connectivity index (χ0n) is 9.92. The number of amides is 1. The number of aromatic nitrogens is 3. The van der Waals surface area contributed by atoms with E-state index in [0.29, 0.717) is 12.1 Å². The normalized spacial score (nSPS) is 9.39. The second-order valence-corrected chi connectivity index (χ2v) is 3.66. The fourth-order valence-electron chi connectivity index (χ4n) is 1.37. The first kappa shape index (κ1) is 11.9. The van der Waals surface area contributed by atoms with E-state index >= 15 is 0 Å². The van der Waals surface area contributed by atoms with Gasteiger partial charge in [0.2, 0.25) is 0 Å². The molecule has 5 heteroatoms. The molecule has 0 saturated carbocycles. The van der Waals surface area contributed by atoms with Gasteiger partial charge in [-0.1, -0.05) is 12.0 Å². The molecule has 2 rings (SSSR count). The molecule has 0 atom stereocenters. The van der Waals surface area contributed by atoms with Crippen LogP contribution in [0.2, 0.25) is 0 Å². The third kappa shape index (κ3) is 3.46. The molecular weight excluding hydrogens is 228 g/mol. The predicted octanol–water partition coefficient (Wildman–Crippen LogP) is 1.000. The summed E-state index contributed by atoms with van der Waals surface area (Å²) in [6.07, 6.45) is 5.44. The molecule has 2 aromatic heterocycles. The standard InChI is InChI=1S/C13H12N4O/c1-17-10-12(9-15-17)16-13(18)7-4-6-11-5-2-3-8-14-11/h2-3,5,8-10H,6H2,1H3,(H,16,18). The Morgan fingerprint density at radius 1 is 1.50 bits per heavy atom. The van der Waals surface area contributed by atoms with Crippen LogP contribution in [-0.2, 0) is 18.3 Å². The molecule has 0 bridgehead atoms. The lowest BCUT2D eigenvalue weighted by molar-refractivity contribution is -0.111. The molecule has 1 N–H and O–H groups in total. The second-order valence-electron chi connectivity index (χ2n) is 3.66. The minimum atomic E-state index is -0.348. The third-order valence-electron chi connectivity index (χ3n) is 2.16. The van der Waals surface area contributed by atoms with E-state index in [1.54, 1.807) is 30.3 Å². The van der Waals surface area contributed by atoms with E-state index in [2.05, 4.69) is 27.2 Å². The van der Waals surface area contributed by atoms with Crippen molar-refractivity contribution in [2.24, 2.45) is 7.05 Å². The lowest BCUT2D eigenvalue weighted by Gasteiger charge is -1.93. The van der Waals surface area contributed by atoms with Gasteiger partial charge in [-0.2, -0.15) is 5.10 Å². The number of hydrogen-bond acceptors (Lipinski definition) is 3. The summed E-state index contributed by atoms with van der Waals surface area (Å²) in [5, 5.41) is 6.57. The van der Waals surface area contributed by atoms with Crippen LogP contribution in [0.4, 0.5) is 5.69 Å². The molecule has 0 aliphatic heterocycles. The van der Waals surface area contributed by atoms with E-state index in [4.69, 9.17) is 0 Å². The van der Waals surface area contributed by atoms with Gasteiger partial charge in [-0.05, 0) is 18.1 Å². The van der Waals surface area contributed by atoms with Crippen LogP contribution < -0.4 is 5.32 Å². The van der Waals surface area contributed by atoms with Gasteiger partial charge in [-0.25, -0.2) is 0 Å². The highest BCUT2D eigenvalue weighted by molar-refractivity contribution is 6.03. The van der Waals surface area contributed by atoms with Gasteiger partial charge in [0.15, 0.2) is 0 Å². The van der Waals surface area contributed by atoms with Crippen LogP contribution >= 0.6 is 0 Å². The molecule has 90 valence electrons. The average molecular weight is 240 g/mol. The summed E-state index contributed by atoms with van der Waals surface area (Å²) in [4.78, 5) is 15.6. The Labute approximate surface area is 105 Å². The number of pyridine rings is 1. The van der Waals surface area contributed by atoms with Crippen LogP contribution in [0.5, 0.6) is 0 Å². The van der Waals surface area contributed by atoms with Gasteiger partial charge in [0.05, 0.1) is 24.0 Å². The van der Waals surface area contributed by atoms with E-state index < -0.39 is 0 Å². The molecule has 5 nitrogen and oxygen atoms in total. The molecule has 0 unspecified atom stereocenters. The maximum atomic E-state index is 11.5. The first-order valence-corrected chi connectivity index (χ1v) is 5.42. The van der Waals surface area contributed by atoms with Gasteiger partial charge in [0.1, 0.15) is 0 Å². The van der Waals surface area contributed by atoms with Crippen molar-refractivity contribution in [2.45, 2.75) is 6.42 Å². The molecule has 2 aromatic rings. The highest BCUT2D eigenvalue weighted by atomic mass is 16.1. The van der Waals surface area contributed by atoms with Gasteiger partial charge >= 0.3 is 0 Å². The molecule has 0 aliphatic carbocycles. The van der Waals surface area contributed by atoms with E-state index in [-0.39, 0.29) is 5.91 Å². The number of hydrogen-bond donors (Lipinski definition) is 1. The zero-order valence-corrected chi connectivity index (χ0v) is 9.92. The molecule has 0 spiro atoms. The maximum Gasteiger partial charge on any atom is 0.300 e. The summed E-state index contributed by atoms with van der Waals surface area (Å²) < 4.78 is 1.61. The van der Waals surface area contributed by atoms with Crippen molar-refractivity contribution in [3.63, 3.8) is 0 Å². The Balaban J connectivity index is 1.88. The van der Waals surface area contributed by atoms with Crippen molar-refractivity contribution >= 4 is 11.6 Å². The molecule has 0 saturated heterocycles. The summed E-state index contributed by atoms with van der Waals surface area (Å²) in [7, 11) is 1.78. The first-order chi connectivity index (χ1) is 8.74. The van der Waals surface area contributed by atoms with Crippen LogP contribution in [0.15, 0.2) is 36.8 Å². The SMILES string of the molecule is Cn1cc(NC(=O)C#CCc2ccccn2)cn1. The number of carbonyl (C=O) groups excluding carboxylic acids is 1. The summed E-state index contributed by atoms with van der Waals surface area (Å²) >= 11 is 0. The summed E-state index contributed by atoms with van der Waals surface area (Å²) in [5.41, 5.74) is 1.48. The smallest absolute Gasteiger partial charge is 0.300 e. The second kappa shape index (κ2) is 5.64. The molecule has 2 heterocycles. The van der Waals surface area contributed by atoms with Crippen molar-refractivity contribution in [3.05, 3.63) is 42.5 Å². The Morgan fingerprint density at radius 3 is 3.06 bits per heavy atom. The van der Waals surface area contributed by atoms with Crippen LogP contribution in [0.25, 0.3) is 0 Å². The largest absolute Gasteiger partial charge is 0.312 e. The lowest BCUT2D eigenvalue weighted by atomic mass is 10.3. The predicted molar refractivity (Wildman–Crippen MR) is 67.6 cm³/mol. The summed E-state index contributed by atoms with van der Waals surface area (Å²) in [6, 6.07) is 5.60. The molecule has 0 radical (unpaired) electrons. The highest BCUT2D eigenvalue weighted by Gasteiger charge is 1.99. The zero-order chi connectivity index (χ0) is 12.8. The fourth-order valence-corrected chi connectivity index (χ4v) is 1.37. The molecular formula is C13H12N4O. The molecule has 0 fully saturated rings. The van der Waals surface area contributed by atoms with Gasteiger partial charge in [0.25, 0.3) is 5.91 Å². The summed E-state index contributed by atoms with van der Waals surface area (Å²) in [6.45, 7) is 0. The van der Waals surface area contributed by atoms with Crippen molar-refractivity contribution < 1.29 is 4.79 Å². The fraction of sp³-hybridized carbons (Fsp3) is 0.154. The average Bonchev–Trinajstić information content (AvgIpc) is 2.76. The number of anilines is 1. The van der Waals surface area contributed by atoms with Crippen LogP contribution in [0.1, 0.15) is 5.69 Å². The van der Waals surface area contributed by atoms with Gasteiger partial charge in [-0.3, -0.25) is 14.5 Å². The molecule has 1 amide bonds. The minimum absolute atomic E-state index is 0.348. The van der Waals surface area contributed by atoms with Crippen molar-refractivity contribution in [1.29, 1.82) is 0 Å². The van der Waals surface area contributed by atoms with Crippen LogP contribution in [-0.4, -0.2) is 20.7 Å². The monoisotopic (exact) mass is 240 g/mol. The molecule has 0 aliphatic rings.